The molecule has 4 nitrogen and oxygen atoms in total. The Labute approximate surface area is 142 Å². The highest BCUT2D eigenvalue weighted by molar-refractivity contribution is 6.03. The van der Waals surface area contributed by atoms with Gasteiger partial charge in [0, 0.05) is 11.4 Å². The van der Waals surface area contributed by atoms with Crippen molar-refractivity contribution in [1.29, 1.82) is 0 Å². The normalized spacial score (nSPS) is 18.8. The van der Waals surface area contributed by atoms with Crippen LogP contribution in [0.2, 0.25) is 0 Å². The van der Waals surface area contributed by atoms with Gasteiger partial charge in [-0.3, -0.25) is 9.59 Å². The van der Waals surface area contributed by atoms with E-state index in [1.165, 1.54) is 0 Å². The molecule has 4 heteroatoms. The van der Waals surface area contributed by atoms with E-state index in [4.69, 9.17) is 0 Å². The SMILES string of the molecule is Cc1ccccc1NC(=O)C1CC1C(=O)Nc1c(C)cccc1C. The van der Waals surface area contributed by atoms with Crippen molar-refractivity contribution in [3.8, 4) is 0 Å². The van der Waals surface area contributed by atoms with Gasteiger partial charge in [-0.15, -0.1) is 0 Å². The number of carbonyl (C=O) groups excluding carboxylic acids is 2. The summed E-state index contributed by atoms with van der Waals surface area (Å²) in [5.74, 6) is -0.634. The van der Waals surface area contributed by atoms with Gasteiger partial charge in [0.05, 0.1) is 11.8 Å². The molecule has 2 N–H and O–H groups in total. The molecule has 1 saturated carbocycles. The molecule has 0 spiro atoms. The summed E-state index contributed by atoms with van der Waals surface area (Å²) in [5, 5.41) is 5.91. The third kappa shape index (κ3) is 3.32. The average Bonchev–Trinajstić information content (AvgIpc) is 3.34. The molecule has 0 bridgehead atoms. The van der Waals surface area contributed by atoms with E-state index in [-0.39, 0.29) is 23.7 Å². The molecule has 1 fully saturated rings. The van der Waals surface area contributed by atoms with Crippen molar-refractivity contribution in [2.75, 3.05) is 10.6 Å². The van der Waals surface area contributed by atoms with Crippen molar-refractivity contribution >= 4 is 23.2 Å². The third-order valence-electron chi connectivity index (χ3n) is 4.60. The molecule has 0 radical (unpaired) electrons. The Morgan fingerprint density at radius 1 is 0.792 bits per heavy atom. The lowest BCUT2D eigenvalue weighted by Crippen LogP contribution is -2.21. The first-order valence-electron chi connectivity index (χ1n) is 8.21. The molecular weight excluding hydrogens is 300 g/mol. The van der Waals surface area contributed by atoms with E-state index in [1.807, 2.05) is 63.2 Å². The Morgan fingerprint density at radius 3 is 1.96 bits per heavy atom. The van der Waals surface area contributed by atoms with E-state index in [9.17, 15) is 9.59 Å². The van der Waals surface area contributed by atoms with Gasteiger partial charge in [0.25, 0.3) is 0 Å². The second-order valence-corrected chi connectivity index (χ2v) is 6.51. The molecule has 2 aromatic carbocycles. The number of amides is 2. The highest BCUT2D eigenvalue weighted by atomic mass is 16.2. The van der Waals surface area contributed by atoms with Crippen LogP contribution in [0.5, 0.6) is 0 Å². The molecule has 0 aromatic heterocycles. The molecule has 1 aliphatic rings. The van der Waals surface area contributed by atoms with Crippen molar-refractivity contribution < 1.29 is 9.59 Å². The van der Waals surface area contributed by atoms with Gasteiger partial charge in [-0.25, -0.2) is 0 Å². The van der Waals surface area contributed by atoms with E-state index >= 15 is 0 Å². The van der Waals surface area contributed by atoms with E-state index in [2.05, 4.69) is 10.6 Å². The number of benzene rings is 2. The van der Waals surface area contributed by atoms with Crippen LogP contribution >= 0.6 is 0 Å². The molecule has 2 atom stereocenters. The lowest BCUT2D eigenvalue weighted by atomic mass is 10.1. The summed E-state index contributed by atoms with van der Waals surface area (Å²) in [6.45, 7) is 5.89. The summed E-state index contributed by atoms with van der Waals surface area (Å²) in [6, 6.07) is 13.6. The summed E-state index contributed by atoms with van der Waals surface area (Å²) < 4.78 is 0. The molecule has 2 amide bonds. The lowest BCUT2D eigenvalue weighted by Gasteiger charge is -2.11. The van der Waals surface area contributed by atoms with Crippen molar-refractivity contribution in [1.82, 2.24) is 0 Å². The Bertz CT molecular complexity index is 778. The number of hydrogen-bond donors (Lipinski definition) is 2. The highest BCUT2D eigenvalue weighted by Gasteiger charge is 2.48. The molecule has 124 valence electrons. The summed E-state index contributed by atoms with van der Waals surface area (Å²) >= 11 is 0. The van der Waals surface area contributed by atoms with E-state index in [0.29, 0.717) is 6.42 Å². The number of para-hydroxylation sites is 2. The van der Waals surface area contributed by atoms with E-state index in [1.54, 1.807) is 0 Å². The first-order valence-corrected chi connectivity index (χ1v) is 8.21. The summed E-state index contributed by atoms with van der Waals surface area (Å²) in [6.07, 6.45) is 0.606. The first kappa shape index (κ1) is 16.2. The fraction of sp³-hybridized carbons (Fsp3) is 0.300. The van der Waals surface area contributed by atoms with E-state index in [0.717, 1.165) is 28.1 Å². The zero-order valence-electron chi connectivity index (χ0n) is 14.2. The van der Waals surface area contributed by atoms with Crippen LogP contribution in [0.4, 0.5) is 11.4 Å². The zero-order valence-corrected chi connectivity index (χ0v) is 14.2. The smallest absolute Gasteiger partial charge is 0.228 e. The predicted molar refractivity (Wildman–Crippen MR) is 96.0 cm³/mol. The minimum absolute atomic E-state index is 0.0719. The topological polar surface area (TPSA) is 58.2 Å². The van der Waals surface area contributed by atoms with Crippen LogP contribution in [0.3, 0.4) is 0 Å². The van der Waals surface area contributed by atoms with Gasteiger partial charge < -0.3 is 10.6 Å². The summed E-state index contributed by atoms with van der Waals surface area (Å²) in [5.41, 5.74) is 4.74. The van der Waals surface area contributed by atoms with Gasteiger partial charge in [0.2, 0.25) is 11.8 Å². The van der Waals surface area contributed by atoms with Crippen LogP contribution in [-0.2, 0) is 9.59 Å². The summed E-state index contributed by atoms with van der Waals surface area (Å²) in [7, 11) is 0. The van der Waals surface area contributed by atoms with Gasteiger partial charge in [-0.1, -0.05) is 36.4 Å². The first-order chi connectivity index (χ1) is 11.5. The van der Waals surface area contributed by atoms with Gasteiger partial charge >= 0.3 is 0 Å². The Kier molecular flexibility index (Phi) is 4.38. The molecule has 1 aliphatic carbocycles. The van der Waals surface area contributed by atoms with Gasteiger partial charge in [0.1, 0.15) is 0 Å². The maximum absolute atomic E-state index is 12.4. The van der Waals surface area contributed by atoms with E-state index < -0.39 is 0 Å². The van der Waals surface area contributed by atoms with Crippen LogP contribution in [-0.4, -0.2) is 11.8 Å². The molecule has 0 heterocycles. The molecule has 0 saturated heterocycles. The second-order valence-electron chi connectivity index (χ2n) is 6.51. The van der Waals surface area contributed by atoms with Crippen molar-refractivity contribution in [3.63, 3.8) is 0 Å². The Morgan fingerprint density at radius 2 is 1.33 bits per heavy atom. The minimum Gasteiger partial charge on any atom is -0.326 e. The lowest BCUT2D eigenvalue weighted by molar-refractivity contribution is -0.122. The van der Waals surface area contributed by atoms with Gasteiger partial charge in [-0.2, -0.15) is 0 Å². The number of aryl methyl sites for hydroxylation is 3. The monoisotopic (exact) mass is 322 g/mol. The molecule has 2 unspecified atom stereocenters. The number of carbonyl (C=O) groups is 2. The minimum atomic E-state index is -0.243. The third-order valence-corrected chi connectivity index (χ3v) is 4.60. The maximum atomic E-state index is 12.4. The van der Waals surface area contributed by atoms with Crippen LogP contribution < -0.4 is 10.6 Å². The second kappa shape index (κ2) is 6.48. The van der Waals surface area contributed by atoms with Crippen molar-refractivity contribution in [2.45, 2.75) is 27.2 Å². The Balaban J connectivity index is 1.61. The molecule has 2 aromatic rings. The van der Waals surface area contributed by atoms with Crippen LogP contribution in [0.1, 0.15) is 23.1 Å². The number of hydrogen-bond acceptors (Lipinski definition) is 2. The zero-order chi connectivity index (χ0) is 17.3. The van der Waals surface area contributed by atoms with Crippen molar-refractivity contribution in [2.24, 2.45) is 11.8 Å². The predicted octanol–water partition coefficient (Wildman–Crippen LogP) is 3.83. The molecule has 0 aliphatic heterocycles. The van der Waals surface area contributed by atoms with Crippen LogP contribution in [0.15, 0.2) is 42.5 Å². The Hall–Kier alpha value is -2.62. The van der Waals surface area contributed by atoms with Gasteiger partial charge in [-0.05, 0) is 49.9 Å². The fourth-order valence-electron chi connectivity index (χ4n) is 2.94. The van der Waals surface area contributed by atoms with Gasteiger partial charge in [0.15, 0.2) is 0 Å². The maximum Gasteiger partial charge on any atom is 0.228 e. The molecular formula is C20H22N2O2. The average molecular weight is 322 g/mol. The number of rotatable bonds is 4. The molecule has 24 heavy (non-hydrogen) atoms. The highest BCUT2D eigenvalue weighted by Crippen LogP contribution is 2.40. The number of anilines is 2. The quantitative estimate of drug-likeness (QED) is 0.899. The van der Waals surface area contributed by atoms with Crippen LogP contribution in [0, 0.1) is 32.6 Å². The fourth-order valence-corrected chi connectivity index (χ4v) is 2.94. The van der Waals surface area contributed by atoms with Crippen LogP contribution in [0.25, 0.3) is 0 Å². The number of nitrogens with one attached hydrogen (secondary N) is 2. The standard InChI is InChI=1S/C20H22N2O2/c1-12-7-4-5-10-17(12)21-19(23)15-11-16(15)20(24)22-18-13(2)8-6-9-14(18)3/h4-10,15-16H,11H2,1-3H3,(H,21,23)(H,22,24). The largest absolute Gasteiger partial charge is 0.326 e. The summed E-state index contributed by atoms with van der Waals surface area (Å²) in [4.78, 5) is 24.8. The van der Waals surface area contributed by atoms with Crippen molar-refractivity contribution in [3.05, 3.63) is 59.2 Å². The molecule has 3 rings (SSSR count).